The molecule has 0 aliphatic carbocycles. The molecule has 0 saturated carbocycles. The van der Waals surface area contributed by atoms with Crippen LogP contribution in [0.15, 0.2) is 63.7 Å². The number of halogens is 1. The fourth-order valence-corrected chi connectivity index (χ4v) is 3.36. The van der Waals surface area contributed by atoms with Crippen molar-refractivity contribution in [3.63, 3.8) is 0 Å². The van der Waals surface area contributed by atoms with Gasteiger partial charge in [0.1, 0.15) is 11.5 Å². The van der Waals surface area contributed by atoms with Gasteiger partial charge in [0.15, 0.2) is 6.61 Å². The van der Waals surface area contributed by atoms with E-state index in [0.717, 1.165) is 21.0 Å². The fourth-order valence-electron chi connectivity index (χ4n) is 2.75. The van der Waals surface area contributed by atoms with E-state index < -0.39 is 0 Å². The number of furan rings is 1. The van der Waals surface area contributed by atoms with Crippen LogP contribution in [-0.4, -0.2) is 38.1 Å². The van der Waals surface area contributed by atoms with E-state index >= 15 is 0 Å². The summed E-state index contributed by atoms with van der Waals surface area (Å²) in [7, 11) is 3.89. The van der Waals surface area contributed by atoms with Crippen LogP contribution in [-0.2, 0) is 4.79 Å². The minimum absolute atomic E-state index is 0.0265. The zero-order valence-electron chi connectivity index (χ0n) is 14.7. The van der Waals surface area contributed by atoms with E-state index in [9.17, 15) is 4.79 Å². The van der Waals surface area contributed by atoms with Crippen molar-refractivity contribution >= 4 is 32.6 Å². The summed E-state index contributed by atoms with van der Waals surface area (Å²) in [4.78, 5) is 14.2. The predicted molar refractivity (Wildman–Crippen MR) is 105 cm³/mol. The van der Waals surface area contributed by atoms with Crippen molar-refractivity contribution < 1.29 is 13.9 Å². The molecule has 136 valence electrons. The third-order valence-electron chi connectivity index (χ3n) is 4.17. The van der Waals surface area contributed by atoms with Crippen LogP contribution >= 0.6 is 15.9 Å². The Bertz CT molecular complexity index is 878. The normalized spacial score (nSPS) is 12.3. The Morgan fingerprint density at radius 2 is 2.00 bits per heavy atom. The Morgan fingerprint density at radius 3 is 2.73 bits per heavy atom. The largest absolute Gasteiger partial charge is 0.483 e. The molecule has 6 heteroatoms. The molecule has 1 heterocycles. The summed E-state index contributed by atoms with van der Waals surface area (Å²) < 4.78 is 12.0. The van der Waals surface area contributed by atoms with E-state index in [-0.39, 0.29) is 18.6 Å². The summed E-state index contributed by atoms with van der Waals surface area (Å²) in [5.41, 5.74) is 0. The maximum Gasteiger partial charge on any atom is 0.258 e. The van der Waals surface area contributed by atoms with Gasteiger partial charge in [0.25, 0.3) is 5.91 Å². The third-order valence-corrected chi connectivity index (χ3v) is 4.99. The van der Waals surface area contributed by atoms with Crippen LogP contribution in [0.1, 0.15) is 11.8 Å². The standard InChI is InChI=1S/C20H21BrN2O3/c1-23(2)16(17-8-5-11-25-17)12-22-19(24)13-26-18-10-9-14-6-3-4-7-15(14)20(18)21/h3-11,16H,12-13H2,1-2H3,(H,22,24). The van der Waals surface area contributed by atoms with Gasteiger partial charge in [0.2, 0.25) is 0 Å². The fraction of sp³-hybridized carbons (Fsp3) is 0.250. The predicted octanol–water partition coefficient (Wildman–Crippen LogP) is 3.99. The number of carbonyl (C=O) groups is 1. The molecule has 1 atom stereocenters. The van der Waals surface area contributed by atoms with Gasteiger partial charge in [0.05, 0.1) is 16.8 Å². The summed E-state index contributed by atoms with van der Waals surface area (Å²) in [5.74, 6) is 1.28. The first-order valence-corrected chi connectivity index (χ1v) is 9.12. The molecular weight excluding hydrogens is 396 g/mol. The average Bonchev–Trinajstić information content (AvgIpc) is 3.15. The summed E-state index contributed by atoms with van der Waals surface area (Å²) in [6, 6.07) is 15.6. The lowest BCUT2D eigenvalue weighted by atomic mass is 10.1. The Labute approximate surface area is 161 Å². The van der Waals surface area contributed by atoms with Crippen molar-refractivity contribution in [2.75, 3.05) is 27.2 Å². The Kier molecular flexibility index (Phi) is 5.96. The van der Waals surface area contributed by atoms with Crippen molar-refractivity contribution in [2.45, 2.75) is 6.04 Å². The first-order chi connectivity index (χ1) is 12.6. The third kappa shape index (κ3) is 4.26. The number of fused-ring (bicyclic) bond motifs is 1. The Hall–Kier alpha value is -2.31. The number of nitrogens with one attached hydrogen (secondary N) is 1. The van der Waals surface area contributed by atoms with E-state index in [1.165, 1.54) is 0 Å². The van der Waals surface area contributed by atoms with Crippen LogP contribution < -0.4 is 10.1 Å². The van der Waals surface area contributed by atoms with Crippen LogP contribution in [0.3, 0.4) is 0 Å². The molecule has 1 amide bonds. The van der Waals surface area contributed by atoms with Gasteiger partial charge in [0, 0.05) is 6.54 Å². The van der Waals surface area contributed by atoms with E-state index in [1.807, 2.05) is 67.5 Å². The van der Waals surface area contributed by atoms with Crippen molar-refractivity contribution in [3.05, 3.63) is 65.0 Å². The first-order valence-electron chi connectivity index (χ1n) is 8.33. The van der Waals surface area contributed by atoms with Gasteiger partial charge in [-0.05, 0) is 59.0 Å². The van der Waals surface area contributed by atoms with E-state index in [0.29, 0.717) is 12.3 Å². The molecule has 5 nitrogen and oxygen atoms in total. The molecule has 0 bridgehead atoms. The number of likely N-dealkylation sites (N-methyl/N-ethyl adjacent to an activating group) is 1. The van der Waals surface area contributed by atoms with Gasteiger partial charge in [-0.15, -0.1) is 0 Å². The zero-order chi connectivity index (χ0) is 18.5. The monoisotopic (exact) mass is 416 g/mol. The molecule has 26 heavy (non-hydrogen) atoms. The Balaban J connectivity index is 1.58. The summed E-state index contributed by atoms with van der Waals surface area (Å²) >= 11 is 3.56. The molecule has 1 unspecified atom stereocenters. The van der Waals surface area contributed by atoms with Crippen LogP contribution in [0, 0.1) is 0 Å². The van der Waals surface area contributed by atoms with Crippen LogP contribution in [0.5, 0.6) is 5.75 Å². The number of rotatable bonds is 7. The van der Waals surface area contributed by atoms with Crippen LogP contribution in [0.2, 0.25) is 0 Å². The van der Waals surface area contributed by atoms with Crippen LogP contribution in [0.4, 0.5) is 0 Å². The second-order valence-electron chi connectivity index (χ2n) is 6.19. The maximum absolute atomic E-state index is 12.2. The van der Waals surface area contributed by atoms with Crippen molar-refractivity contribution in [2.24, 2.45) is 0 Å². The van der Waals surface area contributed by atoms with Gasteiger partial charge in [-0.3, -0.25) is 9.69 Å². The average molecular weight is 417 g/mol. The molecule has 0 fully saturated rings. The molecule has 0 spiro atoms. The number of hydrogen-bond acceptors (Lipinski definition) is 4. The quantitative estimate of drug-likeness (QED) is 0.632. The van der Waals surface area contributed by atoms with Gasteiger partial charge < -0.3 is 14.5 Å². The highest BCUT2D eigenvalue weighted by Crippen LogP contribution is 2.32. The summed E-state index contributed by atoms with van der Waals surface area (Å²) in [6.45, 7) is 0.400. The SMILES string of the molecule is CN(C)C(CNC(=O)COc1ccc2ccccc2c1Br)c1ccco1. The van der Waals surface area contributed by atoms with Crippen molar-refractivity contribution in [1.29, 1.82) is 0 Å². The molecule has 0 aliphatic heterocycles. The second-order valence-corrected chi connectivity index (χ2v) is 6.98. The number of benzene rings is 2. The molecule has 1 aromatic heterocycles. The topological polar surface area (TPSA) is 54.7 Å². The number of hydrogen-bond donors (Lipinski definition) is 1. The molecule has 0 aliphatic rings. The molecule has 0 radical (unpaired) electrons. The lowest BCUT2D eigenvalue weighted by molar-refractivity contribution is -0.123. The maximum atomic E-state index is 12.2. The summed E-state index contributed by atoms with van der Waals surface area (Å²) in [6.07, 6.45) is 1.63. The van der Waals surface area contributed by atoms with E-state index in [1.54, 1.807) is 6.26 Å². The first kappa shape index (κ1) is 18.5. The lowest BCUT2D eigenvalue weighted by Gasteiger charge is -2.22. The number of amides is 1. The van der Waals surface area contributed by atoms with Gasteiger partial charge >= 0.3 is 0 Å². The minimum Gasteiger partial charge on any atom is -0.483 e. The van der Waals surface area contributed by atoms with Crippen molar-refractivity contribution in [1.82, 2.24) is 10.2 Å². The molecule has 2 aromatic carbocycles. The highest BCUT2D eigenvalue weighted by molar-refractivity contribution is 9.10. The highest BCUT2D eigenvalue weighted by atomic mass is 79.9. The second kappa shape index (κ2) is 8.38. The zero-order valence-corrected chi connectivity index (χ0v) is 16.3. The van der Waals surface area contributed by atoms with Gasteiger partial charge in [-0.1, -0.05) is 30.3 Å². The molecule has 1 N–H and O–H groups in total. The smallest absolute Gasteiger partial charge is 0.258 e. The Morgan fingerprint density at radius 1 is 1.19 bits per heavy atom. The molecule has 3 aromatic rings. The number of ether oxygens (including phenoxy) is 1. The lowest BCUT2D eigenvalue weighted by Crippen LogP contribution is -2.36. The molecule has 3 rings (SSSR count). The number of carbonyl (C=O) groups excluding carboxylic acids is 1. The van der Waals surface area contributed by atoms with E-state index in [4.69, 9.17) is 9.15 Å². The van der Waals surface area contributed by atoms with Gasteiger partial charge in [-0.25, -0.2) is 0 Å². The van der Waals surface area contributed by atoms with E-state index in [2.05, 4.69) is 21.2 Å². The minimum atomic E-state index is -0.177. The molecule has 0 saturated heterocycles. The highest BCUT2D eigenvalue weighted by Gasteiger charge is 2.18. The van der Waals surface area contributed by atoms with Crippen LogP contribution in [0.25, 0.3) is 10.8 Å². The van der Waals surface area contributed by atoms with Crippen molar-refractivity contribution in [3.8, 4) is 5.75 Å². The summed E-state index contributed by atoms with van der Waals surface area (Å²) in [5, 5.41) is 5.06. The number of nitrogens with zero attached hydrogens (tertiary/aromatic N) is 1. The van der Waals surface area contributed by atoms with Gasteiger partial charge in [-0.2, -0.15) is 0 Å². The molecular formula is C20H21BrN2O3.